The van der Waals surface area contributed by atoms with Crippen LogP contribution in [-0.2, 0) is 10.1 Å². The Balaban J connectivity index is 1.87. The number of rotatable bonds is 5. The number of allylic oxidation sites excluding steroid dienone is 1. The van der Waals surface area contributed by atoms with E-state index in [2.05, 4.69) is 10.0 Å². The number of carboxylic acid groups (broad SMARTS) is 1. The molecule has 0 saturated carbocycles. The third-order valence-electron chi connectivity index (χ3n) is 9.52. The fourth-order valence-corrected chi connectivity index (χ4v) is 7.45. The maximum Gasteiger partial charge on any atom is 0.339 e. The molecule has 3 aliphatic rings. The smallest absolute Gasteiger partial charge is 0.339 e. The fraction of sp³-hybridized carbons (Fsp3) is 0.294. The largest absolute Gasteiger partial charge is 0.478 e. The third kappa shape index (κ3) is 5.25. The lowest BCUT2D eigenvalue weighted by atomic mass is 9.83. The number of halogens is 3. The van der Waals surface area contributed by atoms with Crippen molar-refractivity contribution in [3.63, 3.8) is 0 Å². The van der Waals surface area contributed by atoms with Gasteiger partial charge in [0.1, 0.15) is 41.4 Å². The van der Waals surface area contributed by atoms with E-state index in [-0.39, 0.29) is 39.0 Å². The number of likely N-dealkylation sites (N-methyl/N-ethyl adjacent to an activating group) is 2. The van der Waals surface area contributed by atoms with Gasteiger partial charge in [-0.25, -0.2) is 22.5 Å². The van der Waals surface area contributed by atoms with E-state index in [0.29, 0.717) is 10.9 Å². The summed E-state index contributed by atoms with van der Waals surface area (Å²) >= 11 is 0. The minimum absolute atomic E-state index is 0.00552. The van der Waals surface area contributed by atoms with Crippen LogP contribution in [0.2, 0.25) is 0 Å². The van der Waals surface area contributed by atoms with Crippen LogP contribution in [0.5, 0.6) is 11.5 Å². The van der Waals surface area contributed by atoms with Crippen molar-refractivity contribution < 1.29 is 40.8 Å². The number of anilines is 1. The summed E-state index contributed by atoms with van der Waals surface area (Å²) in [7, 11) is -0.939. The van der Waals surface area contributed by atoms with Crippen LogP contribution >= 0.6 is 0 Å². The molecule has 0 unspecified atom stereocenters. The zero-order valence-electron chi connectivity index (χ0n) is 27.5. The molecule has 254 valence electrons. The molecule has 2 N–H and O–H groups in total. The van der Waals surface area contributed by atoms with Gasteiger partial charge in [-0.1, -0.05) is 11.2 Å². The van der Waals surface area contributed by atoms with Gasteiger partial charge >= 0.3 is 5.97 Å². The molecule has 0 atom stereocenters. The fourth-order valence-electron chi connectivity index (χ4n) is 6.82. The molecular weight excluding hydrogens is 663 g/mol. The van der Waals surface area contributed by atoms with Crippen molar-refractivity contribution in [2.45, 2.75) is 45.7 Å². The number of benzene rings is 3. The van der Waals surface area contributed by atoms with Gasteiger partial charge in [0.05, 0.1) is 17.2 Å². The van der Waals surface area contributed by atoms with Crippen LogP contribution in [0.4, 0.5) is 24.5 Å². The molecule has 3 heterocycles. The number of nitrogens with zero attached hydrogens (tertiary/aromatic N) is 5. The molecule has 0 bridgehead atoms. The predicted molar refractivity (Wildman–Crippen MR) is 178 cm³/mol. The molecule has 49 heavy (non-hydrogen) atoms. The zero-order valence-corrected chi connectivity index (χ0v) is 28.3. The Labute approximate surface area is 278 Å². The van der Waals surface area contributed by atoms with E-state index in [9.17, 15) is 22.9 Å². The molecule has 6 rings (SSSR count). The number of fused-ring (bicyclic) bond motifs is 4. The standard InChI is InChI=1S/C34H30F3N5O6S/c1-15-12-33(2,3)41(6)21-10-23-19(8-17(15)21)25(26-27(32(43)44)28(35)30(37)31(29(26)36)39-40-38)20-9-18-16(14-49(45,46)47)13-34(4,5)42(7)22(18)11-24(20)48-23/h8-13H,14H2,1-7H3,(H-,43,44,45,46,47)/p+1. The van der Waals surface area contributed by atoms with Gasteiger partial charge in [-0.3, -0.25) is 4.55 Å². The minimum Gasteiger partial charge on any atom is -0.478 e. The Bertz CT molecular complexity index is 2430. The zero-order chi connectivity index (χ0) is 36.1. The molecule has 0 amide bonds. The Hall–Kier alpha value is -5.11. The number of aromatic carboxylic acids is 1. The van der Waals surface area contributed by atoms with Crippen LogP contribution in [0, 0.1) is 17.5 Å². The Morgan fingerprint density at radius 1 is 1.02 bits per heavy atom. The first-order chi connectivity index (χ1) is 22.7. The molecule has 0 radical (unpaired) electrons. The molecule has 3 aromatic carbocycles. The maximum atomic E-state index is 16.5. The first kappa shape index (κ1) is 33.8. The molecule has 0 aliphatic carbocycles. The lowest BCUT2D eigenvalue weighted by Gasteiger charge is -2.41. The summed E-state index contributed by atoms with van der Waals surface area (Å²) in [6.45, 7) is 9.50. The molecule has 11 nitrogen and oxygen atoms in total. The second kappa shape index (κ2) is 11.0. The van der Waals surface area contributed by atoms with Crippen LogP contribution in [0.3, 0.4) is 0 Å². The van der Waals surface area contributed by atoms with E-state index >= 15 is 13.2 Å². The maximum absolute atomic E-state index is 16.5. The molecule has 0 aromatic heterocycles. The number of hydrogen-bond acceptors (Lipinski definition) is 6. The van der Waals surface area contributed by atoms with Crippen molar-refractivity contribution in [1.82, 2.24) is 4.58 Å². The summed E-state index contributed by atoms with van der Waals surface area (Å²) < 4.78 is 89.6. The highest BCUT2D eigenvalue weighted by Crippen LogP contribution is 2.47. The SMILES string of the molecule is CC1=CC(C)(C)N(C)c2cc3c(cc21)C(c1c(F)c(N=[N+]=[N-])c(F)c(F)c1C(=O)O)=c1cc2c(cc1O3)=[N+](C)C(C)(C)C=C2CS(=O)(=O)O. The van der Waals surface area contributed by atoms with Crippen LogP contribution in [0.15, 0.2) is 41.5 Å². The number of azide groups is 1. The normalized spacial score (nSPS) is 17.1. The van der Waals surface area contributed by atoms with E-state index in [4.69, 9.17) is 10.3 Å². The Morgan fingerprint density at radius 2 is 1.69 bits per heavy atom. The molecule has 0 fully saturated rings. The van der Waals surface area contributed by atoms with Crippen molar-refractivity contribution >= 4 is 44.2 Å². The van der Waals surface area contributed by atoms with Crippen molar-refractivity contribution in [3.8, 4) is 11.5 Å². The van der Waals surface area contributed by atoms with Crippen LogP contribution in [-0.4, -0.2) is 55.0 Å². The lowest BCUT2D eigenvalue weighted by molar-refractivity contribution is 0.0689. The summed E-state index contributed by atoms with van der Waals surface area (Å²) in [4.78, 5) is 17.0. The molecule has 15 heteroatoms. The molecule has 3 aromatic rings. The van der Waals surface area contributed by atoms with E-state index in [1.807, 2.05) is 57.2 Å². The number of hydrogen-bond donors (Lipinski definition) is 2. The first-order valence-corrected chi connectivity index (χ1v) is 16.5. The van der Waals surface area contributed by atoms with Crippen molar-refractivity contribution in [3.05, 3.63) is 103 Å². The highest BCUT2D eigenvalue weighted by Gasteiger charge is 2.38. The minimum atomic E-state index is -4.56. The Morgan fingerprint density at radius 3 is 2.31 bits per heavy atom. The summed E-state index contributed by atoms with van der Waals surface area (Å²) in [5, 5.41) is 13.7. The summed E-state index contributed by atoms with van der Waals surface area (Å²) in [6.07, 6.45) is 3.63. The first-order valence-electron chi connectivity index (χ1n) is 14.9. The van der Waals surface area contributed by atoms with E-state index in [0.717, 1.165) is 11.3 Å². The Kier molecular flexibility index (Phi) is 7.55. The molecule has 0 spiro atoms. The van der Waals surface area contributed by atoms with Gasteiger partial charge in [0.2, 0.25) is 5.36 Å². The monoisotopic (exact) mass is 694 g/mol. The van der Waals surface area contributed by atoms with Gasteiger partial charge in [-0.15, -0.1) is 0 Å². The predicted octanol–water partition coefficient (Wildman–Crippen LogP) is 5.91. The topological polar surface area (TPSA) is 156 Å². The van der Waals surface area contributed by atoms with Gasteiger partial charge in [0, 0.05) is 65.0 Å². The summed E-state index contributed by atoms with van der Waals surface area (Å²) in [6, 6.07) is 6.30. The molecular formula is C34H31F3N5O6S+. The van der Waals surface area contributed by atoms with Crippen molar-refractivity contribution in [1.29, 1.82) is 0 Å². The van der Waals surface area contributed by atoms with Gasteiger partial charge in [-0.2, -0.15) is 8.42 Å². The third-order valence-corrected chi connectivity index (χ3v) is 10.2. The molecule has 0 saturated heterocycles. The van der Waals surface area contributed by atoms with Gasteiger partial charge in [0.15, 0.2) is 17.2 Å². The van der Waals surface area contributed by atoms with Crippen molar-refractivity contribution in [2.75, 3.05) is 24.7 Å². The average molecular weight is 695 g/mol. The highest BCUT2D eigenvalue weighted by atomic mass is 32.2. The van der Waals surface area contributed by atoms with Crippen LogP contribution in [0.1, 0.15) is 67.2 Å². The van der Waals surface area contributed by atoms with Gasteiger partial charge < -0.3 is 14.7 Å². The average Bonchev–Trinajstić information content (AvgIpc) is 2.99. The van der Waals surface area contributed by atoms with Crippen molar-refractivity contribution in [2.24, 2.45) is 5.11 Å². The quantitative estimate of drug-likeness (QED) is 0.0657. The highest BCUT2D eigenvalue weighted by molar-refractivity contribution is 7.86. The number of carbonyl (C=O) groups is 1. The number of ether oxygens (including phenoxy) is 1. The van der Waals surface area contributed by atoms with Crippen LogP contribution < -0.4 is 24.8 Å². The van der Waals surface area contributed by atoms with E-state index in [1.54, 1.807) is 31.3 Å². The second-order valence-corrected chi connectivity index (χ2v) is 14.8. The van der Waals surface area contributed by atoms with E-state index < -0.39 is 67.2 Å². The number of carboxylic acids is 1. The second-order valence-electron chi connectivity index (χ2n) is 13.4. The van der Waals surface area contributed by atoms with E-state index in [1.165, 1.54) is 6.07 Å². The summed E-state index contributed by atoms with van der Waals surface area (Å²) in [5.41, 5.74) is 6.78. The lowest BCUT2D eigenvalue weighted by Crippen LogP contribution is -2.47. The summed E-state index contributed by atoms with van der Waals surface area (Å²) in [5.74, 6) is -8.15. The van der Waals surface area contributed by atoms with Gasteiger partial charge in [0.25, 0.3) is 10.1 Å². The van der Waals surface area contributed by atoms with Gasteiger partial charge in [-0.05, 0) is 55.7 Å². The molecule has 3 aliphatic heterocycles. The van der Waals surface area contributed by atoms with Crippen LogP contribution in [0.25, 0.3) is 27.2 Å².